The van der Waals surface area contributed by atoms with E-state index in [4.69, 9.17) is 10.8 Å². The first kappa shape index (κ1) is 54.9. The summed E-state index contributed by atoms with van der Waals surface area (Å²) in [5.74, 6) is -5.09. The number of anilines is 1. The lowest BCUT2D eigenvalue weighted by molar-refractivity contribution is -0.140. The van der Waals surface area contributed by atoms with E-state index in [1.807, 2.05) is 6.07 Å². The van der Waals surface area contributed by atoms with Crippen molar-refractivity contribution in [3.8, 4) is 11.1 Å². The molecule has 4 aliphatic rings. The minimum Gasteiger partial charge on any atom is -0.480 e. The number of benzene rings is 2. The summed E-state index contributed by atoms with van der Waals surface area (Å²) in [7, 11) is -2.16. The van der Waals surface area contributed by atoms with Crippen molar-refractivity contribution in [2.75, 3.05) is 50.0 Å². The summed E-state index contributed by atoms with van der Waals surface area (Å²) in [5, 5.41) is 22.6. The smallest absolute Gasteiger partial charge is 0.321 e. The first-order valence-electron chi connectivity index (χ1n) is 25.0. The van der Waals surface area contributed by atoms with E-state index >= 15 is 0 Å². The Labute approximate surface area is 440 Å². The fourth-order valence-electron chi connectivity index (χ4n) is 9.58. The zero-order valence-electron chi connectivity index (χ0n) is 42.0. The van der Waals surface area contributed by atoms with Gasteiger partial charge in [-0.15, -0.1) is 11.8 Å². The van der Waals surface area contributed by atoms with Gasteiger partial charge < -0.3 is 46.6 Å². The number of nitrogens with one attached hydrogen (secondary N) is 6. The third-order valence-corrected chi connectivity index (χ3v) is 16.0. The molecule has 0 radical (unpaired) electrons. The molecule has 23 nitrogen and oxygen atoms in total. The Morgan fingerprint density at radius 1 is 0.908 bits per heavy atom. The molecule has 2 unspecified atom stereocenters. The van der Waals surface area contributed by atoms with Gasteiger partial charge in [0.2, 0.25) is 29.5 Å². The van der Waals surface area contributed by atoms with Gasteiger partial charge in [-0.05, 0) is 85.4 Å². The lowest BCUT2D eigenvalue weighted by Crippen LogP contribution is -2.52. The fraction of sp³-hybridized carbons (Fsp3) is 0.451. The van der Waals surface area contributed by atoms with Crippen molar-refractivity contribution in [1.29, 1.82) is 0 Å². The number of unbranched alkanes of at least 4 members (excludes halogenated alkanes) is 1. The second-order valence-electron chi connectivity index (χ2n) is 19.6. The van der Waals surface area contributed by atoms with Crippen LogP contribution in [0.25, 0.3) is 22.0 Å². The van der Waals surface area contributed by atoms with Crippen LogP contribution in [0.1, 0.15) is 99.3 Å². The number of aromatic amines is 1. The second kappa shape index (κ2) is 23.2. The molecule has 25 heteroatoms. The molecule has 1 aliphatic carbocycles. The van der Waals surface area contributed by atoms with Gasteiger partial charge >= 0.3 is 5.97 Å². The van der Waals surface area contributed by atoms with Gasteiger partial charge in [0.15, 0.2) is 9.84 Å². The van der Waals surface area contributed by atoms with Crippen molar-refractivity contribution in [1.82, 2.24) is 40.6 Å². The summed E-state index contributed by atoms with van der Waals surface area (Å²) in [4.78, 5) is 133. The standard InChI is InChI=1S/C51H60N10O13S2/c1-59-23-35(33-20-38(57-44(33)50(59)70)46(66)55-16-15-53-41(62)13-17-60-43(64)21-40(49(60)69)75-25-36(52)51(71)72)32-18-29(26-76(2,73)74)31(19-37(32)56-22-27-9-10-27)45(65)54-14-4-3-6-28-7-5-8-30-34(28)24-61(48(30)68)39-11-12-42(63)58-47(39)67/h5,7-8,18-20,23,27,36,39-40,56-57H,3-4,6,9-17,21-22,24-26,52H2,1-2H3,(H,53,62)(H,54,65)(H,55,66)(H,71,72)(H,58,63,67)/t36-,39?,40?/m0/s1. The molecule has 1 saturated carbocycles. The van der Waals surface area contributed by atoms with E-state index < -0.39 is 79.9 Å². The van der Waals surface area contributed by atoms with Gasteiger partial charge in [-0.2, -0.15) is 0 Å². The number of sulfone groups is 1. The summed E-state index contributed by atoms with van der Waals surface area (Å²) in [5.41, 5.74) is 9.29. The molecule has 3 fully saturated rings. The Morgan fingerprint density at radius 3 is 2.38 bits per heavy atom. The van der Waals surface area contributed by atoms with Crippen LogP contribution in [-0.4, -0.2) is 148 Å². The summed E-state index contributed by atoms with van der Waals surface area (Å²) in [6.07, 6.45) is 6.48. The summed E-state index contributed by atoms with van der Waals surface area (Å²) in [6.45, 7) is 0.824. The van der Waals surface area contributed by atoms with E-state index in [2.05, 4.69) is 31.6 Å². The molecule has 5 heterocycles. The minimum absolute atomic E-state index is 0.0164. The second-order valence-corrected chi connectivity index (χ2v) is 23.0. The van der Waals surface area contributed by atoms with E-state index in [0.717, 1.165) is 46.9 Å². The topological polar surface area (TPSA) is 338 Å². The molecule has 0 bridgehead atoms. The summed E-state index contributed by atoms with van der Waals surface area (Å²) >= 11 is 0.973. The number of aromatic nitrogens is 2. The Kier molecular flexibility index (Phi) is 16.8. The number of nitrogens with zero attached hydrogens (tertiary/aromatic N) is 3. The maximum Gasteiger partial charge on any atom is 0.321 e. The SMILES string of the molecule is Cn1cc(-c2cc(CS(C)(=O)=O)c(C(=O)NCCCCc3cccc4c3CN(C3CCC(=O)NC3=O)C4=O)cc2NCC2CC2)c2cc(C(=O)NCCNC(=O)CCN3C(=O)CC(SC[C@H](N)C(=O)O)C3=O)[nH]c2c1=O. The van der Waals surface area contributed by atoms with Crippen LogP contribution in [0.15, 0.2) is 47.4 Å². The van der Waals surface area contributed by atoms with Crippen LogP contribution < -0.4 is 37.9 Å². The van der Waals surface area contributed by atoms with Crippen molar-refractivity contribution in [2.24, 2.45) is 18.7 Å². The van der Waals surface area contributed by atoms with Crippen LogP contribution in [0.4, 0.5) is 5.69 Å². The van der Waals surface area contributed by atoms with Gasteiger partial charge in [0.25, 0.3) is 23.3 Å². The minimum atomic E-state index is -3.70. The van der Waals surface area contributed by atoms with E-state index in [1.165, 1.54) is 22.6 Å². The van der Waals surface area contributed by atoms with Crippen molar-refractivity contribution in [3.63, 3.8) is 0 Å². The number of nitrogens with two attached hydrogens (primary N) is 1. The molecule has 3 aliphatic heterocycles. The molecule has 8 amide bonds. The number of fused-ring (bicyclic) bond motifs is 2. The van der Waals surface area contributed by atoms with E-state index in [9.17, 15) is 56.4 Å². The molecule has 2 aromatic heterocycles. The number of thioether (sulfide) groups is 1. The molecule has 4 aromatic rings. The Balaban J connectivity index is 0.919. The Bertz CT molecular complexity index is 3220. The third kappa shape index (κ3) is 12.8. The molecule has 404 valence electrons. The van der Waals surface area contributed by atoms with Crippen molar-refractivity contribution >= 4 is 91.4 Å². The average molecular weight is 1090 g/mol. The number of imide groups is 2. The maximum atomic E-state index is 14.1. The highest BCUT2D eigenvalue weighted by Gasteiger charge is 2.41. The molecule has 3 atom stereocenters. The highest BCUT2D eigenvalue weighted by molar-refractivity contribution is 8.00. The van der Waals surface area contributed by atoms with Crippen LogP contribution in [0.5, 0.6) is 0 Å². The first-order chi connectivity index (χ1) is 36.2. The largest absolute Gasteiger partial charge is 0.480 e. The average Bonchev–Trinajstić information content (AvgIpc) is 3.89. The lowest BCUT2D eigenvalue weighted by Gasteiger charge is -2.29. The van der Waals surface area contributed by atoms with Crippen LogP contribution in [0.2, 0.25) is 0 Å². The van der Waals surface area contributed by atoms with Gasteiger partial charge in [0, 0.05) is 117 Å². The third-order valence-electron chi connectivity index (χ3n) is 13.8. The van der Waals surface area contributed by atoms with Gasteiger partial charge in [-0.1, -0.05) is 12.1 Å². The molecule has 76 heavy (non-hydrogen) atoms. The predicted molar refractivity (Wildman–Crippen MR) is 280 cm³/mol. The summed E-state index contributed by atoms with van der Waals surface area (Å²) < 4.78 is 27.2. The molecule has 2 aromatic carbocycles. The highest BCUT2D eigenvalue weighted by Crippen LogP contribution is 2.38. The number of hydrogen-bond donors (Lipinski definition) is 8. The molecule has 8 rings (SSSR count). The van der Waals surface area contributed by atoms with Gasteiger partial charge in [-0.25, -0.2) is 8.42 Å². The van der Waals surface area contributed by atoms with E-state index in [1.54, 1.807) is 30.5 Å². The molecular formula is C51H60N10O13S2. The van der Waals surface area contributed by atoms with Gasteiger partial charge in [0.1, 0.15) is 23.3 Å². The lowest BCUT2D eigenvalue weighted by atomic mass is 9.95. The predicted octanol–water partition coefficient (Wildman–Crippen LogP) is 0.923. The van der Waals surface area contributed by atoms with Crippen molar-refractivity contribution < 1.29 is 56.7 Å². The number of carboxylic acids is 1. The number of H-pyrrole nitrogens is 1. The highest BCUT2D eigenvalue weighted by atomic mass is 32.2. The normalized spacial score (nSPS) is 18.0. The monoisotopic (exact) mass is 1080 g/mol. The van der Waals surface area contributed by atoms with Crippen molar-refractivity contribution in [3.05, 3.63) is 86.5 Å². The zero-order valence-corrected chi connectivity index (χ0v) is 43.6. The quantitative estimate of drug-likeness (QED) is 0.0357. The van der Waals surface area contributed by atoms with Crippen LogP contribution >= 0.6 is 11.8 Å². The molecule has 2 saturated heterocycles. The van der Waals surface area contributed by atoms with E-state index in [-0.39, 0.29) is 98.3 Å². The fourth-order valence-corrected chi connectivity index (χ4v) is 11.5. The Hall–Kier alpha value is -7.38. The summed E-state index contributed by atoms with van der Waals surface area (Å²) in [6, 6.07) is 8.28. The molecule has 0 spiro atoms. The number of carbonyl (C=O) groups is 9. The van der Waals surface area contributed by atoms with Crippen LogP contribution in [0, 0.1) is 5.92 Å². The van der Waals surface area contributed by atoms with Crippen molar-refractivity contribution in [2.45, 2.75) is 87.4 Å². The van der Waals surface area contributed by atoms with Gasteiger partial charge in [-0.3, -0.25) is 58.2 Å². The van der Waals surface area contributed by atoms with Crippen LogP contribution in [0.3, 0.4) is 0 Å². The number of aliphatic carboxylic acids is 1. The first-order valence-corrected chi connectivity index (χ1v) is 28.1. The number of likely N-dealkylation sites (tertiary alicyclic amines) is 1. The maximum absolute atomic E-state index is 14.1. The number of aryl methyl sites for hydroxylation is 2. The zero-order chi connectivity index (χ0) is 54.6. The van der Waals surface area contributed by atoms with Gasteiger partial charge in [0.05, 0.1) is 11.0 Å². The number of pyridine rings is 1. The number of hydrogen-bond acceptors (Lipinski definition) is 15. The molecular weight excluding hydrogens is 1020 g/mol. The number of amides is 8. The molecule has 9 N–H and O–H groups in total. The van der Waals surface area contributed by atoms with Crippen LogP contribution in [-0.2, 0) is 64.4 Å². The number of carbonyl (C=O) groups excluding carboxylic acids is 8. The number of piperidine rings is 1. The Morgan fingerprint density at radius 2 is 1.66 bits per heavy atom. The number of carboxylic acid groups (broad SMARTS) is 1. The number of rotatable bonds is 24. The van der Waals surface area contributed by atoms with E-state index in [0.29, 0.717) is 59.5 Å².